The molecule has 2 unspecified atom stereocenters. The Morgan fingerprint density at radius 3 is 2.75 bits per heavy atom. The molecule has 1 N–H and O–H groups in total. The summed E-state index contributed by atoms with van der Waals surface area (Å²) in [6.07, 6.45) is -2.81. The largest absolute Gasteiger partial charge is 0.389 e. The SMILES string of the molecule is CCCNC(CCC(F)(F)F)C1Cc2ccccc2S1. The zero-order chi connectivity index (χ0) is 14.6. The van der Waals surface area contributed by atoms with Crippen molar-refractivity contribution in [1.29, 1.82) is 0 Å². The predicted octanol–water partition coefficient (Wildman–Crippen LogP) is 4.41. The maximum absolute atomic E-state index is 12.5. The van der Waals surface area contributed by atoms with Gasteiger partial charge in [-0.25, -0.2) is 0 Å². The van der Waals surface area contributed by atoms with Crippen LogP contribution in [0.4, 0.5) is 13.2 Å². The first-order chi connectivity index (χ1) is 9.49. The Morgan fingerprint density at radius 2 is 2.10 bits per heavy atom. The molecule has 0 radical (unpaired) electrons. The molecule has 0 aromatic heterocycles. The van der Waals surface area contributed by atoms with Crippen LogP contribution in [0.15, 0.2) is 29.2 Å². The summed E-state index contributed by atoms with van der Waals surface area (Å²) in [6.45, 7) is 2.81. The van der Waals surface area contributed by atoms with E-state index in [1.165, 1.54) is 10.5 Å². The van der Waals surface area contributed by atoms with Crippen molar-refractivity contribution in [3.63, 3.8) is 0 Å². The molecule has 2 atom stereocenters. The average molecular weight is 303 g/mol. The van der Waals surface area contributed by atoms with E-state index in [1.54, 1.807) is 11.8 Å². The molecule has 1 aliphatic rings. The number of rotatable bonds is 6. The fourth-order valence-corrected chi connectivity index (χ4v) is 3.95. The third-order valence-electron chi connectivity index (χ3n) is 3.52. The van der Waals surface area contributed by atoms with Gasteiger partial charge in [-0.1, -0.05) is 25.1 Å². The lowest BCUT2D eigenvalue weighted by Gasteiger charge is -2.24. The number of fused-ring (bicyclic) bond motifs is 1. The number of benzene rings is 1. The average Bonchev–Trinajstić information content (AvgIpc) is 2.81. The van der Waals surface area contributed by atoms with E-state index in [2.05, 4.69) is 17.4 Å². The molecule has 2 rings (SSSR count). The predicted molar refractivity (Wildman–Crippen MR) is 77.2 cm³/mol. The van der Waals surface area contributed by atoms with Crippen molar-refractivity contribution in [3.05, 3.63) is 29.8 Å². The summed E-state index contributed by atoms with van der Waals surface area (Å²) >= 11 is 1.72. The molecule has 20 heavy (non-hydrogen) atoms. The summed E-state index contributed by atoms with van der Waals surface area (Å²) in [5, 5.41) is 3.51. The third kappa shape index (κ3) is 4.42. The van der Waals surface area contributed by atoms with E-state index in [-0.39, 0.29) is 17.7 Å². The van der Waals surface area contributed by atoms with Crippen LogP contribution in [-0.2, 0) is 6.42 Å². The van der Waals surface area contributed by atoms with Crippen LogP contribution in [0.5, 0.6) is 0 Å². The molecule has 1 aliphatic heterocycles. The fourth-order valence-electron chi connectivity index (χ4n) is 2.50. The zero-order valence-corrected chi connectivity index (χ0v) is 12.4. The molecule has 0 fully saturated rings. The Balaban J connectivity index is 1.97. The van der Waals surface area contributed by atoms with Crippen molar-refractivity contribution in [3.8, 4) is 0 Å². The lowest BCUT2D eigenvalue weighted by molar-refractivity contribution is -0.136. The second kappa shape index (κ2) is 6.85. The molecule has 5 heteroatoms. The van der Waals surface area contributed by atoms with E-state index in [9.17, 15) is 13.2 Å². The van der Waals surface area contributed by atoms with Gasteiger partial charge in [-0.15, -0.1) is 11.8 Å². The summed E-state index contributed by atoms with van der Waals surface area (Å²) in [5.41, 5.74) is 1.26. The first-order valence-corrected chi connectivity index (χ1v) is 7.92. The Hall–Kier alpha value is -0.680. The Morgan fingerprint density at radius 1 is 1.35 bits per heavy atom. The second-order valence-corrected chi connectivity index (χ2v) is 6.46. The lowest BCUT2D eigenvalue weighted by Crippen LogP contribution is -2.39. The molecule has 112 valence electrons. The number of hydrogen-bond donors (Lipinski definition) is 1. The minimum Gasteiger partial charge on any atom is -0.313 e. The molecule has 1 aromatic rings. The standard InChI is InChI=1S/C15H20F3NS/c1-2-9-19-12(7-8-15(16,17)18)14-10-11-5-3-4-6-13(11)20-14/h3-6,12,14,19H,2,7-10H2,1H3. The van der Waals surface area contributed by atoms with E-state index < -0.39 is 12.6 Å². The van der Waals surface area contributed by atoms with Gasteiger partial charge in [0, 0.05) is 22.6 Å². The highest BCUT2D eigenvalue weighted by molar-refractivity contribution is 8.00. The Labute approximate surface area is 122 Å². The zero-order valence-electron chi connectivity index (χ0n) is 11.5. The fraction of sp³-hybridized carbons (Fsp3) is 0.600. The van der Waals surface area contributed by atoms with E-state index in [4.69, 9.17) is 0 Å². The van der Waals surface area contributed by atoms with Crippen molar-refractivity contribution in [2.24, 2.45) is 0 Å². The van der Waals surface area contributed by atoms with Crippen LogP contribution in [0, 0.1) is 0 Å². The van der Waals surface area contributed by atoms with Crippen LogP contribution in [0.1, 0.15) is 31.7 Å². The second-order valence-electron chi connectivity index (χ2n) is 5.18. The first-order valence-electron chi connectivity index (χ1n) is 7.04. The van der Waals surface area contributed by atoms with Gasteiger partial charge in [0.25, 0.3) is 0 Å². The highest BCUT2D eigenvalue weighted by Gasteiger charge is 2.33. The summed E-state index contributed by atoms with van der Waals surface area (Å²) in [5.74, 6) is 0. The van der Waals surface area contributed by atoms with Gasteiger partial charge in [-0.05, 0) is 37.4 Å². The summed E-state index contributed by atoms with van der Waals surface area (Å²) in [6, 6.07) is 8.03. The van der Waals surface area contributed by atoms with Crippen molar-refractivity contribution in [2.45, 2.75) is 55.0 Å². The Bertz CT molecular complexity index is 408. The minimum atomic E-state index is -4.07. The molecule has 0 aliphatic carbocycles. The number of halogens is 3. The molecule has 0 spiro atoms. The number of nitrogens with one attached hydrogen (secondary N) is 1. The van der Waals surface area contributed by atoms with Gasteiger partial charge in [0.2, 0.25) is 0 Å². The van der Waals surface area contributed by atoms with Crippen LogP contribution in [-0.4, -0.2) is 24.0 Å². The van der Waals surface area contributed by atoms with Gasteiger partial charge in [0.1, 0.15) is 0 Å². The molecular formula is C15H20F3NS. The van der Waals surface area contributed by atoms with Crippen molar-refractivity contribution >= 4 is 11.8 Å². The highest BCUT2D eigenvalue weighted by atomic mass is 32.2. The number of hydrogen-bond acceptors (Lipinski definition) is 2. The molecular weight excluding hydrogens is 283 g/mol. The Kier molecular flexibility index (Phi) is 5.38. The maximum Gasteiger partial charge on any atom is 0.389 e. The summed E-state index contributed by atoms with van der Waals surface area (Å²) in [4.78, 5) is 1.22. The van der Waals surface area contributed by atoms with Crippen LogP contribution < -0.4 is 5.32 Å². The highest BCUT2D eigenvalue weighted by Crippen LogP contribution is 2.39. The van der Waals surface area contributed by atoms with Crippen LogP contribution in [0.3, 0.4) is 0 Å². The molecule has 0 bridgehead atoms. The first kappa shape index (κ1) is 15.7. The number of thioether (sulfide) groups is 1. The third-order valence-corrected chi connectivity index (χ3v) is 4.97. The quantitative estimate of drug-likeness (QED) is 0.835. The maximum atomic E-state index is 12.5. The molecule has 1 heterocycles. The van der Waals surface area contributed by atoms with Gasteiger partial charge < -0.3 is 5.32 Å². The van der Waals surface area contributed by atoms with Crippen molar-refractivity contribution in [2.75, 3.05) is 6.54 Å². The van der Waals surface area contributed by atoms with Crippen LogP contribution in [0.25, 0.3) is 0 Å². The van der Waals surface area contributed by atoms with Gasteiger partial charge in [0.05, 0.1) is 0 Å². The van der Waals surface area contributed by atoms with Crippen molar-refractivity contribution < 1.29 is 13.2 Å². The number of alkyl halides is 3. The smallest absolute Gasteiger partial charge is 0.313 e. The lowest BCUT2D eigenvalue weighted by atomic mass is 10.0. The normalized spacial score (nSPS) is 19.9. The molecule has 0 saturated carbocycles. The molecule has 1 aromatic carbocycles. The topological polar surface area (TPSA) is 12.0 Å². The molecule has 0 saturated heterocycles. The summed E-state index contributed by atoms with van der Waals surface area (Å²) < 4.78 is 37.4. The van der Waals surface area contributed by atoms with E-state index >= 15 is 0 Å². The monoisotopic (exact) mass is 303 g/mol. The van der Waals surface area contributed by atoms with Gasteiger partial charge in [-0.2, -0.15) is 13.2 Å². The molecule has 1 nitrogen and oxygen atoms in total. The van der Waals surface area contributed by atoms with Crippen LogP contribution >= 0.6 is 11.8 Å². The van der Waals surface area contributed by atoms with Crippen molar-refractivity contribution in [1.82, 2.24) is 5.32 Å². The summed E-state index contributed by atoms with van der Waals surface area (Å²) in [7, 11) is 0. The molecule has 0 amide bonds. The van der Waals surface area contributed by atoms with Gasteiger partial charge in [-0.3, -0.25) is 0 Å². The minimum absolute atomic E-state index is 0.0750. The van der Waals surface area contributed by atoms with E-state index in [0.717, 1.165) is 19.4 Å². The van der Waals surface area contributed by atoms with E-state index in [0.29, 0.717) is 0 Å². The van der Waals surface area contributed by atoms with Gasteiger partial charge >= 0.3 is 6.18 Å². The van der Waals surface area contributed by atoms with Crippen LogP contribution in [0.2, 0.25) is 0 Å². The van der Waals surface area contributed by atoms with E-state index in [1.807, 2.05) is 19.1 Å². The van der Waals surface area contributed by atoms with Gasteiger partial charge in [0.15, 0.2) is 0 Å².